The van der Waals surface area contributed by atoms with Crippen LogP contribution in [-0.2, 0) is 6.42 Å². The minimum Gasteiger partial charge on any atom is -0.327 e. The molecule has 0 amide bonds. The Balaban J connectivity index is 1.89. The molecule has 0 spiro atoms. The number of nitrogens with two attached hydrogens (primary N) is 1. The minimum atomic E-state index is -4.06. The average molecular weight is 277 g/mol. The second-order valence-electron chi connectivity index (χ2n) is 4.97. The van der Waals surface area contributed by atoms with Crippen molar-refractivity contribution in [2.24, 2.45) is 5.73 Å². The molecule has 0 aliphatic heterocycles. The first-order valence-electron chi connectivity index (χ1n) is 6.36. The van der Waals surface area contributed by atoms with Crippen LogP contribution in [0.1, 0.15) is 48.5 Å². The summed E-state index contributed by atoms with van der Waals surface area (Å²) in [6, 6.07) is 1.95. The molecule has 0 radical (unpaired) electrons. The van der Waals surface area contributed by atoms with Crippen molar-refractivity contribution in [2.45, 2.75) is 56.7 Å². The largest absolute Gasteiger partial charge is 0.389 e. The Morgan fingerprint density at radius 3 is 2.94 bits per heavy atom. The van der Waals surface area contributed by atoms with E-state index in [2.05, 4.69) is 11.4 Å². The average Bonchev–Trinajstić information content (AvgIpc) is 2.74. The summed E-state index contributed by atoms with van der Waals surface area (Å²) in [5.41, 5.74) is 7.37. The summed E-state index contributed by atoms with van der Waals surface area (Å²) < 4.78 is 36.3. The van der Waals surface area contributed by atoms with Gasteiger partial charge in [-0.1, -0.05) is 0 Å². The van der Waals surface area contributed by atoms with E-state index in [0.29, 0.717) is 6.42 Å². The second kappa shape index (κ2) is 5.61. The van der Waals surface area contributed by atoms with Crippen molar-refractivity contribution >= 4 is 11.3 Å². The molecule has 0 bridgehead atoms. The van der Waals surface area contributed by atoms with Crippen molar-refractivity contribution in [1.82, 2.24) is 0 Å². The number of rotatable bonds is 4. The first-order chi connectivity index (χ1) is 8.47. The molecule has 102 valence electrons. The second-order valence-corrected chi connectivity index (χ2v) is 5.97. The van der Waals surface area contributed by atoms with Gasteiger partial charge in [-0.15, -0.1) is 11.3 Å². The van der Waals surface area contributed by atoms with Crippen LogP contribution in [-0.4, -0.2) is 12.2 Å². The summed E-state index contributed by atoms with van der Waals surface area (Å²) in [4.78, 5) is 1.37. The van der Waals surface area contributed by atoms with Crippen LogP contribution < -0.4 is 5.73 Å². The maximum atomic E-state index is 12.1. The number of hydrogen-bond donors (Lipinski definition) is 1. The fraction of sp³-hybridized carbons (Fsp3) is 0.692. The molecule has 2 unspecified atom stereocenters. The topological polar surface area (TPSA) is 26.0 Å². The predicted molar refractivity (Wildman–Crippen MR) is 67.9 cm³/mol. The highest BCUT2D eigenvalue weighted by atomic mass is 32.1. The number of alkyl halides is 3. The number of fused-ring (bicyclic) bond motifs is 1. The van der Waals surface area contributed by atoms with Gasteiger partial charge in [0, 0.05) is 23.3 Å². The molecule has 1 nitrogen and oxygen atoms in total. The molecule has 0 aromatic carbocycles. The first-order valence-corrected chi connectivity index (χ1v) is 7.24. The predicted octanol–water partition coefficient (Wildman–Crippen LogP) is 4.23. The summed E-state index contributed by atoms with van der Waals surface area (Å²) >= 11 is 1.74. The lowest BCUT2D eigenvalue weighted by Gasteiger charge is -2.28. The number of halogens is 3. The molecule has 5 heteroatoms. The minimum absolute atomic E-state index is 0.138. The van der Waals surface area contributed by atoms with Crippen LogP contribution in [0.4, 0.5) is 13.2 Å². The lowest BCUT2D eigenvalue weighted by Crippen LogP contribution is -2.30. The zero-order chi connectivity index (χ0) is 13.2. The molecule has 18 heavy (non-hydrogen) atoms. The van der Waals surface area contributed by atoms with Gasteiger partial charge in [-0.2, -0.15) is 13.2 Å². The van der Waals surface area contributed by atoms with Crippen molar-refractivity contribution in [3.63, 3.8) is 0 Å². The van der Waals surface area contributed by atoms with Crippen molar-refractivity contribution in [3.05, 3.63) is 21.9 Å². The van der Waals surface area contributed by atoms with Crippen molar-refractivity contribution in [2.75, 3.05) is 0 Å². The molecule has 0 saturated heterocycles. The summed E-state index contributed by atoms with van der Waals surface area (Å²) in [7, 11) is 0. The molecule has 2 N–H and O–H groups in total. The third kappa shape index (κ3) is 3.48. The number of hydrogen-bond acceptors (Lipinski definition) is 2. The van der Waals surface area contributed by atoms with E-state index in [4.69, 9.17) is 5.73 Å². The highest BCUT2D eigenvalue weighted by Gasteiger charge is 2.29. The molecular weight excluding hydrogens is 259 g/mol. The Morgan fingerprint density at radius 2 is 2.22 bits per heavy atom. The third-order valence-electron chi connectivity index (χ3n) is 3.61. The molecule has 2 atom stereocenters. The normalized spacial score (nSPS) is 21.7. The Bertz CT molecular complexity index is 386. The van der Waals surface area contributed by atoms with Crippen LogP contribution in [0.2, 0.25) is 0 Å². The molecule has 0 fully saturated rings. The van der Waals surface area contributed by atoms with E-state index in [0.717, 1.165) is 19.3 Å². The monoisotopic (exact) mass is 277 g/mol. The molecular formula is C13H18F3NS. The fourth-order valence-corrected chi connectivity index (χ4v) is 3.70. The van der Waals surface area contributed by atoms with E-state index in [1.807, 2.05) is 0 Å². The molecule has 1 aromatic heterocycles. The summed E-state index contributed by atoms with van der Waals surface area (Å²) in [6.07, 6.45) is -0.968. The van der Waals surface area contributed by atoms with Gasteiger partial charge >= 0.3 is 6.18 Å². The molecule has 1 aromatic rings. The standard InChI is InChI=1S/C13H18F3NS/c14-13(15,16)7-2-4-11(17)9-3-1-5-12-10(9)6-8-18-12/h6,8-9,11H,1-5,7,17H2. The number of thiophene rings is 1. The van der Waals surface area contributed by atoms with Gasteiger partial charge in [0.1, 0.15) is 0 Å². The highest BCUT2D eigenvalue weighted by molar-refractivity contribution is 7.10. The smallest absolute Gasteiger partial charge is 0.327 e. The first kappa shape index (κ1) is 13.9. The third-order valence-corrected chi connectivity index (χ3v) is 4.61. The number of aryl methyl sites for hydroxylation is 1. The van der Waals surface area contributed by atoms with E-state index in [9.17, 15) is 13.2 Å². The van der Waals surface area contributed by atoms with E-state index in [1.165, 1.54) is 10.4 Å². The van der Waals surface area contributed by atoms with Gasteiger partial charge in [-0.25, -0.2) is 0 Å². The Labute approximate surface area is 109 Å². The van der Waals surface area contributed by atoms with Gasteiger partial charge in [-0.05, 0) is 49.1 Å². The lowest BCUT2D eigenvalue weighted by molar-refractivity contribution is -0.135. The quantitative estimate of drug-likeness (QED) is 0.875. The maximum Gasteiger partial charge on any atom is 0.389 e. The van der Waals surface area contributed by atoms with E-state index in [-0.39, 0.29) is 18.4 Å². The highest BCUT2D eigenvalue weighted by Crippen LogP contribution is 2.37. The molecule has 1 heterocycles. The van der Waals surface area contributed by atoms with Gasteiger partial charge < -0.3 is 5.73 Å². The maximum absolute atomic E-state index is 12.1. The van der Waals surface area contributed by atoms with Gasteiger partial charge in [0.05, 0.1) is 0 Å². The molecule has 1 aliphatic carbocycles. The Hall–Kier alpha value is -0.550. The Morgan fingerprint density at radius 1 is 1.44 bits per heavy atom. The van der Waals surface area contributed by atoms with Crippen LogP contribution >= 0.6 is 11.3 Å². The van der Waals surface area contributed by atoms with Crippen LogP contribution in [0, 0.1) is 0 Å². The molecule has 0 saturated carbocycles. The van der Waals surface area contributed by atoms with Crippen LogP contribution in [0.5, 0.6) is 0 Å². The van der Waals surface area contributed by atoms with Gasteiger partial charge in [0.25, 0.3) is 0 Å². The van der Waals surface area contributed by atoms with Crippen LogP contribution in [0.3, 0.4) is 0 Å². The van der Waals surface area contributed by atoms with Crippen molar-refractivity contribution in [3.8, 4) is 0 Å². The lowest BCUT2D eigenvalue weighted by atomic mass is 9.81. The zero-order valence-corrected chi connectivity index (χ0v) is 11.0. The van der Waals surface area contributed by atoms with Gasteiger partial charge in [-0.3, -0.25) is 0 Å². The SMILES string of the molecule is NC(CCCC(F)(F)F)C1CCCc2sccc21. The van der Waals surface area contributed by atoms with Crippen molar-refractivity contribution in [1.29, 1.82) is 0 Å². The summed E-state index contributed by atoms with van der Waals surface area (Å²) in [5.74, 6) is 0.258. The summed E-state index contributed by atoms with van der Waals surface area (Å²) in [6.45, 7) is 0. The van der Waals surface area contributed by atoms with E-state index >= 15 is 0 Å². The zero-order valence-electron chi connectivity index (χ0n) is 10.2. The van der Waals surface area contributed by atoms with E-state index < -0.39 is 12.6 Å². The van der Waals surface area contributed by atoms with E-state index in [1.54, 1.807) is 11.3 Å². The van der Waals surface area contributed by atoms with Gasteiger partial charge in [0.15, 0.2) is 0 Å². The molecule has 2 rings (SSSR count). The summed E-state index contributed by atoms with van der Waals surface area (Å²) in [5, 5.41) is 2.06. The van der Waals surface area contributed by atoms with Gasteiger partial charge in [0.2, 0.25) is 0 Å². The fourth-order valence-electron chi connectivity index (χ4n) is 2.71. The van der Waals surface area contributed by atoms with Crippen molar-refractivity contribution < 1.29 is 13.2 Å². The molecule has 1 aliphatic rings. The Kier molecular flexibility index (Phi) is 4.33. The van der Waals surface area contributed by atoms with Crippen LogP contribution in [0.25, 0.3) is 0 Å². The van der Waals surface area contributed by atoms with Crippen LogP contribution in [0.15, 0.2) is 11.4 Å².